The third-order valence-electron chi connectivity index (χ3n) is 3.86. The average molecular weight is 302 g/mol. The maximum Gasteiger partial charge on any atom is 0.114 e. The Hall–Kier alpha value is -1.23. The number of aromatic nitrogens is 1. The molecule has 21 heavy (non-hydrogen) atoms. The van der Waals surface area contributed by atoms with Crippen LogP contribution in [-0.2, 0) is 4.74 Å². The molecule has 1 atom stereocenters. The third kappa shape index (κ3) is 3.70. The highest BCUT2D eigenvalue weighted by Crippen LogP contribution is 2.40. The van der Waals surface area contributed by atoms with E-state index in [0.717, 1.165) is 23.2 Å². The van der Waals surface area contributed by atoms with E-state index in [1.165, 1.54) is 24.0 Å². The van der Waals surface area contributed by atoms with Gasteiger partial charge in [0.15, 0.2) is 0 Å². The predicted octanol–water partition coefficient (Wildman–Crippen LogP) is 3.65. The summed E-state index contributed by atoms with van der Waals surface area (Å²) < 4.78 is 5.15. The van der Waals surface area contributed by atoms with Crippen molar-refractivity contribution in [2.75, 3.05) is 20.3 Å². The van der Waals surface area contributed by atoms with Crippen LogP contribution in [-0.4, -0.2) is 25.2 Å². The molecule has 0 radical (unpaired) electrons. The molecule has 1 N–H and O–H groups in total. The molecule has 1 fully saturated rings. The number of hydrogen-bond donors (Lipinski definition) is 1. The van der Waals surface area contributed by atoms with Crippen LogP contribution in [0.2, 0.25) is 0 Å². The number of nitrogens with one attached hydrogen (secondary N) is 1. The van der Waals surface area contributed by atoms with Gasteiger partial charge in [0.1, 0.15) is 5.01 Å². The Morgan fingerprint density at radius 3 is 2.67 bits per heavy atom. The predicted molar refractivity (Wildman–Crippen MR) is 87.0 cm³/mol. The minimum atomic E-state index is 0.159. The fraction of sp³-hybridized carbons (Fsp3) is 0.471. The Bertz CT molecular complexity index is 575. The van der Waals surface area contributed by atoms with Crippen molar-refractivity contribution in [1.29, 1.82) is 0 Å². The fourth-order valence-electron chi connectivity index (χ4n) is 2.54. The molecule has 0 saturated heterocycles. The van der Waals surface area contributed by atoms with Gasteiger partial charge in [0.2, 0.25) is 0 Å². The van der Waals surface area contributed by atoms with Gasteiger partial charge in [0.25, 0.3) is 0 Å². The molecule has 1 unspecified atom stereocenters. The number of hydrogen-bond acceptors (Lipinski definition) is 4. The van der Waals surface area contributed by atoms with Gasteiger partial charge in [0, 0.05) is 24.7 Å². The van der Waals surface area contributed by atoms with Crippen molar-refractivity contribution in [1.82, 2.24) is 10.3 Å². The molecular weight excluding hydrogens is 280 g/mol. The molecule has 1 aliphatic carbocycles. The summed E-state index contributed by atoms with van der Waals surface area (Å²) >= 11 is 1.72. The van der Waals surface area contributed by atoms with Crippen LogP contribution in [0.25, 0.3) is 0 Å². The molecule has 1 saturated carbocycles. The lowest BCUT2D eigenvalue weighted by Gasteiger charge is -2.17. The van der Waals surface area contributed by atoms with Gasteiger partial charge in [-0.25, -0.2) is 4.98 Å². The van der Waals surface area contributed by atoms with Crippen LogP contribution in [0.4, 0.5) is 0 Å². The summed E-state index contributed by atoms with van der Waals surface area (Å²) in [6.45, 7) is 3.58. The average Bonchev–Trinajstić information content (AvgIpc) is 3.26. The zero-order chi connectivity index (χ0) is 14.7. The van der Waals surface area contributed by atoms with Crippen LogP contribution in [0.1, 0.15) is 46.6 Å². The summed E-state index contributed by atoms with van der Waals surface area (Å²) in [4.78, 5) is 4.65. The second-order valence-corrected chi connectivity index (χ2v) is 6.54. The zero-order valence-corrected chi connectivity index (χ0v) is 13.5. The van der Waals surface area contributed by atoms with E-state index in [4.69, 9.17) is 4.74 Å². The Morgan fingerprint density at radius 2 is 2.10 bits per heavy atom. The number of nitrogens with zero attached hydrogens (tertiary/aromatic N) is 1. The van der Waals surface area contributed by atoms with Crippen molar-refractivity contribution in [2.24, 2.45) is 0 Å². The zero-order valence-electron chi connectivity index (χ0n) is 12.6. The number of methoxy groups -OCH3 is 1. The molecule has 1 aromatic heterocycles. The van der Waals surface area contributed by atoms with Gasteiger partial charge in [-0.15, -0.1) is 11.3 Å². The second-order valence-electron chi connectivity index (χ2n) is 5.65. The van der Waals surface area contributed by atoms with Gasteiger partial charge in [0.05, 0.1) is 12.6 Å². The minimum Gasteiger partial charge on any atom is -0.383 e. The highest BCUT2D eigenvalue weighted by molar-refractivity contribution is 7.09. The maximum absolute atomic E-state index is 5.15. The van der Waals surface area contributed by atoms with Crippen LogP contribution in [0.5, 0.6) is 0 Å². The van der Waals surface area contributed by atoms with E-state index in [2.05, 4.69) is 39.9 Å². The second kappa shape index (κ2) is 6.69. The van der Waals surface area contributed by atoms with Gasteiger partial charge in [-0.3, -0.25) is 0 Å². The normalized spacial score (nSPS) is 16.1. The van der Waals surface area contributed by atoms with Crippen LogP contribution in [0.15, 0.2) is 29.6 Å². The lowest BCUT2D eigenvalue weighted by molar-refractivity contribution is 0.197. The minimum absolute atomic E-state index is 0.159. The summed E-state index contributed by atoms with van der Waals surface area (Å²) in [5, 5.41) is 6.79. The lowest BCUT2D eigenvalue weighted by atomic mass is 10.0. The quantitative estimate of drug-likeness (QED) is 0.793. The molecule has 3 nitrogen and oxygen atoms in total. The summed E-state index contributed by atoms with van der Waals surface area (Å²) in [6, 6.07) is 9.20. The van der Waals surface area contributed by atoms with Crippen molar-refractivity contribution in [2.45, 2.75) is 31.7 Å². The van der Waals surface area contributed by atoms with E-state index in [1.54, 1.807) is 18.4 Å². The molecule has 3 rings (SSSR count). The Morgan fingerprint density at radius 1 is 1.33 bits per heavy atom. The van der Waals surface area contributed by atoms with Crippen molar-refractivity contribution in [3.63, 3.8) is 0 Å². The fourth-order valence-corrected chi connectivity index (χ4v) is 3.43. The van der Waals surface area contributed by atoms with E-state index in [-0.39, 0.29) is 6.04 Å². The topological polar surface area (TPSA) is 34.1 Å². The van der Waals surface area contributed by atoms with Crippen LogP contribution in [0.3, 0.4) is 0 Å². The van der Waals surface area contributed by atoms with Gasteiger partial charge in [-0.05, 0) is 36.8 Å². The first-order chi connectivity index (χ1) is 10.3. The first-order valence-corrected chi connectivity index (χ1v) is 8.40. The standard InChI is InChI=1S/C17H22N2OS/c1-12-11-21-17(19-12)16(18-9-10-20-2)15-7-5-14(6-8-15)13-3-4-13/h5-8,11,13,16,18H,3-4,9-10H2,1-2H3. The van der Waals surface area contributed by atoms with Crippen LogP contribution < -0.4 is 5.32 Å². The van der Waals surface area contributed by atoms with Crippen molar-refractivity contribution in [3.8, 4) is 0 Å². The number of benzene rings is 1. The molecule has 2 aromatic rings. The summed E-state index contributed by atoms with van der Waals surface area (Å²) in [5.41, 5.74) is 3.85. The van der Waals surface area contributed by atoms with E-state index >= 15 is 0 Å². The number of aryl methyl sites for hydroxylation is 1. The van der Waals surface area contributed by atoms with Crippen molar-refractivity contribution < 1.29 is 4.74 Å². The first kappa shape index (κ1) is 14.7. The van der Waals surface area contributed by atoms with Gasteiger partial charge >= 0.3 is 0 Å². The van der Waals surface area contributed by atoms with E-state index in [0.29, 0.717) is 6.61 Å². The number of rotatable bonds is 7. The van der Waals surface area contributed by atoms with Crippen LogP contribution >= 0.6 is 11.3 Å². The summed E-state index contributed by atoms with van der Waals surface area (Å²) in [7, 11) is 1.73. The first-order valence-electron chi connectivity index (χ1n) is 7.52. The summed E-state index contributed by atoms with van der Waals surface area (Å²) in [6.07, 6.45) is 2.70. The number of ether oxygens (including phenoxy) is 1. The maximum atomic E-state index is 5.15. The Labute approximate surface area is 130 Å². The molecule has 4 heteroatoms. The van der Waals surface area contributed by atoms with Gasteiger partial charge in [-0.1, -0.05) is 24.3 Å². The molecule has 112 valence electrons. The third-order valence-corrected chi connectivity index (χ3v) is 4.88. The molecule has 1 heterocycles. The molecule has 0 aliphatic heterocycles. The molecular formula is C17H22N2OS. The van der Waals surface area contributed by atoms with Gasteiger partial charge in [-0.2, -0.15) is 0 Å². The monoisotopic (exact) mass is 302 g/mol. The van der Waals surface area contributed by atoms with Gasteiger partial charge < -0.3 is 10.1 Å². The Balaban J connectivity index is 1.79. The largest absolute Gasteiger partial charge is 0.383 e. The van der Waals surface area contributed by atoms with Crippen molar-refractivity contribution in [3.05, 3.63) is 51.5 Å². The lowest BCUT2D eigenvalue weighted by Crippen LogP contribution is -2.26. The van der Waals surface area contributed by atoms with E-state index < -0.39 is 0 Å². The highest BCUT2D eigenvalue weighted by atomic mass is 32.1. The van der Waals surface area contributed by atoms with Crippen LogP contribution in [0, 0.1) is 6.92 Å². The van der Waals surface area contributed by atoms with Crippen molar-refractivity contribution >= 4 is 11.3 Å². The molecule has 0 amide bonds. The molecule has 0 spiro atoms. The molecule has 0 bridgehead atoms. The molecule has 1 aliphatic rings. The number of thiazole rings is 1. The highest BCUT2D eigenvalue weighted by Gasteiger charge is 2.24. The Kier molecular flexibility index (Phi) is 4.68. The smallest absolute Gasteiger partial charge is 0.114 e. The van der Waals surface area contributed by atoms with E-state index in [9.17, 15) is 0 Å². The SMILES string of the molecule is COCCNC(c1ccc(C2CC2)cc1)c1nc(C)cs1. The van der Waals surface area contributed by atoms with E-state index in [1.807, 2.05) is 6.92 Å². The summed E-state index contributed by atoms with van der Waals surface area (Å²) in [5.74, 6) is 0.807. The molecule has 1 aromatic carbocycles.